The van der Waals surface area contributed by atoms with Crippen molar-refractivity contribution in [2.45, 2.75) is 32.7 Å². The van der Waals surface area contributed by atoms with Gasteiger partial charge in [-0.1, -0.05) is 23.5 Å². The number of pyridine rings is 1. The number of carbonyl (C=O) groups excluding carboxylic acids is 1. The molecule has 30 heavy (non-hydrogen) atoms. The summed E-state index contributed by atoms with van der Waals surface area (Å²) in [7, 11) is 1.58. The van der Waals surface area contributed by atoms with Gasteiger partial charge in [0.15, 0.2) is 11.4 Å². The largest absolute Gasteiger partial charge is 0.431 e. The van der Waals surface area contributed by atoms with Gasteiger partial charge in [-0.25, -0.2) is 4.98 Å². The number of likely N-dealkylation sites (tertiary alicyclic amines) is 1. The molecule has 6 nitrogen and oxygen atoms in total. The molecule has 0 bridgehead atoms. The molecule has 0 amide bonds. The summed E-state index contributed by atoms with van der Waals surface area (Å²) in [6.07, 6.45) is 4.61. The van der Waals surface area contributed by atoms with Gasteiger partial charge in [0, 0.05) is 26.3 Å². The van der Waals surface area contributed by atoms with Gasteiger partial charge < -0.3 is 9.47 Å². The molecule has 7 heteroatoms. The smallest absolute Gasteiger partial charge is 0.281 e. The lowest BCUT2D eigenvalue weighted by atomic mass is 9.91. The number of nitrogens with zero attached hydrogens (tertiary/aromatic N) is 3. The highest BCUT2D eigenvalue weighted by Crippen LogP contribution is 2.31. The van der Waals surface area contributed by atoms with Gasteiger partial charge in [0.25, 0.3) is 5.19 Å². The summed E-state index contributed by atoms with van der Waals surface area (Å²) < 4.78 is 11.9. The van der Waals surface area contributed by atoms with Gasteiger partial charge in [-0.2, -0.15) is 4.98 Å². The Bertz CT molecular complexity index is 995. The number of aromatic nitrogens is 2. The molecular weight excluding hydrogens is 398 g/mol. The van der Waals surface area contributed by atoms with E-state index < -0.39 is 0 Å². The Hall–Kier alpha value is -2.35. The number of aryl methyl sites for hydroxylation is 1. The summed E-state index contributed by atoms with van der Waals surface area (Å²) in [5, 5.41) is 0.612. The molecule has 0 aliphatic carbocycles. The number of hydrogen-bond donors (Lipinski definition) is 0. The lowest BCUT2D eigenvalue weighted by molar-refractivity contribution is -0.123. The first kappa shape index (κ1) is 20.9. The molecule has 2 aromatic heterocycles. The van der Waals surface area contributed by atoms with E-state index in [1.165, 1.54) is 16.9 Å². The van der Waals surface area contributed by atoms with Crippen molar-refractivity contribution in [2.75, 3.05) is 26.8 Å². The second-order valence-electron chi connectivity index (χ2n) is 7.96. The van der Waals surface area contributed by atoms with Crippen molar-refractivity contribution in [3.05, 3.63) is 47.7 Å². The van der Waals surface area contributed by atoms with Gasteiger partial charge in [-0.15, -0.1) is 0 Å². The average Bonchev–Trinajstić information content (AvgIpc) is 3.12. The van der Waals surface area contributed by atoms with Crippen LogP contribution in [0, 0.1) is 12.8 Å². The molecule has 0 saturated carbocycles. The second-order valence-corrected chi connectivity index (χ2v) is 8.95. The second kappa shape index (κ2) is 9.64. The van der Waals surface area contributed by atoms with Crippen LogP contribution in [-0.2, 0) is 16.1 Å². The van der Waals surface area contributed by atoms with Crippen molar-refractivity contribution in [3.63, 3.8) is 0 Å². The number of Topliss-reactive ketones (excluding diaryl/α,β-unsaturated/α-hetero) is 1. The molecule has 1 aromatic carbocycles. The van der Waals surface area contributed by atoms with E-state index in [9.17, 15) is 4.79 Å². The van der Waals surface area contributed by atoms with Crippen LogP contribution in [-0.4, -0.2) is 47.5 Å². The van der Waals surface area contributed by atoms with Crippen molar-refractivity contribution in [2.24, 2.45) is 5.92 Å². The van der Waals surface area contributed by atoms with Gasteiger partial charge in [0.1, 0.15) is 12.4 Å². The standard InChI is InChI=1S/C23H27N3O3S/c1-16-11-21-22(24-13-16)25-23(30-21)29-20-5-3-18(4-6-20)14-26-9-7-17(8-10-26)12-19(27)15-28-2/h3-6,11,13,17H,7-10,12,14-15H2,1-2H3. The summed E-state index contributed by atoms with van der Waals surface area (Å²) in [5.74, 6) is 1.49. The maximum absolute atomic E-state index is 11.8. The predicted molar refractivity (Wildman–Crippen MR) is 118 cm³/mol. The van der Waals surface area contributed by atoms with Gasteiger partial charge in [0.05, 0.1) is 4.70 Å². The molecular formula is C23H27N3O3S. The summed E-state index contributed by atoms with van der Waals surface area (Å²) in [5.41, 5.74) is 3.11. The van der Waals surface area contributed by atoms with E-state index in [0.29, 0.717) is 17.5 Å². The van der Waals surface area contributed by atoms with Crippen LogP contribution in [0.15, 0.2) is 36.5 Å². The third-order valence-corrected chi connectivity index (χ3v) is 6.30. The van der Waals surface area contributed by atoms with E-state index in [0.717, 1.165) is 54.1 Å². The normalized spacial score (nSPS) is 15.5. The average molecular weight is 426 g/mol. The Kier molecular flexibility index (Phi) is 6.72. The summed E-state index contributed by atoms with van der Waals surface area (Å²) in [4.78, 5) is 23.0. The highest BCUT2D eigenvalue weighted by molar-refractivity contribution is 7.20. The minimum atomic E-state index is 0.214. The van der Waals surface area contributed by atoms with Crippen molar-refractivity contribution in [3.8, 4) is 10.9 Å². The van der Waals surface area contributed by atoms with Crippen molar-refractivity contribution in [1.82, 2.24) is 14.9 Å². The summed E-state index contributed by atoms with van der Waals surface area (Å²) >= 11 is 1.51. The SMILES string of the molecule is COCC(=O)CC1CCN(Cc2ccc(Oc3nc4ncc(C)cc4s3)cc2)CC1. The van der Waals surface area contributed by atoms with Gasteiger partial charge in [-0.05, 0) is 68.1 Å². The topological polar surface area (TPSA) is 64.5 Å². The number of piperidine rings is 1. The van der Waals surface area contributed by atoms with Crippen LogP contribution in [0.1, 0.15) is 30.4 Å². The van der Waals surface area contributed by atoms with Gasteiger partial charge in [0.2, 0.25) is 0 Å². The Morgan fingerprint density at radius 3 is 2.73 bits per heavy atom. The third kappa shape index (κ3) is 5.41. The molecule has 0 radical (unpaired) electrons. The van der Waals surface area contributed by atoms with Gasteiger partial charge in [-0.3, -0.25) is 9.69 Å². The molecule has 1 aliphatic rings. The number of fused-ring (bicyclic) bond motifs is 1. The highest BCUT2D eigenvalue weighted by Gasteiger charge is 2.21. The number of ketones is 1. The van der Waals surface area contributed by atoms with Crippen LogP contribution in [0.5, 0.6) is 10.9 Å². The van der Waals surface area contributed by atoms with Crippen LogP contribution in [0.25, 0.3) is 10.3 Å². The first-order valence-corrected chi connectivity index (χ1v) is 11.1. The number of carbonyl (C=O) groups is 1. The maximum Gasteiger partial charge on any atom is 0.281 e. The van der Waals surface area contributed by atoms with E-state index >= 15 is 0 Å². The Morgan fingerprint density at radius 1 is 1.23 bits per heavy atom. The molecule has 3 heterocycles. The van der Waals surface area contributed by atoms with E-state index in [4.69, 9.17) is 9.47 Å². The minimum Gasteiger partial charge on any atom is -0.431 e. The highest BCUT2D eigenvalue weighted by atomic mass is 32.1. The van der Waals surface area contributed by atoms with Crippen LogP contribution in [0.2, 0.25) is 0 Å². The number of thiazole rings is 1. The molecule has 1 fully saturated rings. The van der Waals surface area contributed by atoms with E-state index in [-0.39, 0.29) is 12.4 Å². The van der Waals surface area contributed by atoms with Crippen LogP contribution in [0.4, 0.5) is 0 Å². The van der Waals surface area contributed by atoms with Crippen LogP contribution >= 0.6 is 11.3 Å². The van der Waals surface area contributed by atoms with Crippen LogP contribution < -0.4 is 4.74 Å². The molecule has 1 saturated heterocycles. The number of benzene rings is 1. The minimum absolute atomic E-state index is 0.214. The van der Waals surface area contributed by atoms with Crippen molar-refractivity contribution < 1.29 is 14.3 Å². The van der Waals surface area contributed by atoms with E-state index in [2.05, 4.69) is 33.1 Å². The molecule has 0 atom stereocenters. The fraction of sp³-hybridized carbons (Fsp3) is 0.435. The monoisotopic (exact) mass is 425 g/mol. The first-order chi connectivity index (χ1) is 14.6. The number of rotatable bonds is 8. The molecule has 158 valence electrons. The fourth-order valence-electron chi connectivity index (χ4n) is 3.85. The zero-order valence-corrected chi connectivity index (χ0v) is 18.3. The molecule has 0 N–H and O–H groups in total. The molecule has 1 aliphatic heterocycles. The Labute approximate surface area is 180 Å². The van der Waals surface area contributed by atoms with E-state index in [1.54, 1.807) is 7.11 Å². The quantitative estimate of drug-likeness (QED) is 0.525. The number of methoxy groups -OCH3 is 1. The number of ether oxygens (including phenoxy) is 2. The molecule has 0 spiro atoms. The Morgan fingerprint density at radius 2 is 2.00 bits per heavy atom. The molecule has 3 aromatic rings. The fourth-order valence-corrected chi connectivity index (χ4v) is 4.75. The van der Waals surface area contributed by atoms with Gasteiger partial charge >= 0.3 is 0 Å². The van der Waals surface area contributed by atoms with Crippen molar-refractivity contribution >= 4 is 27.5 Å². The first-order valence-electron chi connectivity index (χ1n) is 10.3. The number of hydrogen-bond acceptors (Lipinski definition) is 7. The molecule has 4 rings (SSSR count). The van der Waals surface area contributed by atoms with Crippen molar-refractivity contribution in [1.29, 1.82) is 0 Å². The Balaban J connectivity index is 1.28. The summed E-state index contributed by atoms with van der Waals surface area (Å²) in [6, 6.07) is 10.3. The van der Waals surface area contributed by atoms with Crippen LogP contribution in [0.3, 0.4) is 0 Å². The van der Waals surface area contributed by atoms with E-state index in [1.807, 2.05) is 25.3 Å². The molecule has 0 unspecified atom stereocenters. The lowest BCUT2D eigenvalue weighted by Crippen LogP contribution is -2.34. The lowest BCUT2D eigenvalue weighted by Gasteiger charge is -2.31. The zero-order valence-electron chi connectivity index (χ0n) is 17.5. The predicted octanol–water partition coefficient (Wildman–Crippen LogP) is 4.61. The summed E-state index contributed by atoms with van der Waals surface area (Å²) in [6.45, 7) is 5.24. The zero-order chi connectivity index (χ0) is 20.9. The third-order valence-electron chi connectivity index (χ3n) is 5.43. The maximum atomic E-state index is 11.8.